The van der Waals surface area contributed by atoms with Gasteiger partial charge < -0.3 is 4.42 Å². The topological polar surface area (TPSA) is 51.8 Å². The van der Waals surface area contributed by atoms with E-state index in [0.29, 0.717) is 54.8 Å². The van der Waals surface area contributed by atoms with Crippen molar-refractivity contribution in [3.8, 4) is 45.3 Å². The predicted octanol–water partition coefficient (Wildman–Crippen LogP) is 11.9. The van der Waals surface area contributed by atoms with E-state index in [1.165, 1.54) is 18.2 Å². The molecule has 228 valence electrons. The van der Waals surface area contributed by atoms with E-state index in [1.54, 1.807) is 54.6 Å². The first-order valence-electron chi connectivity index (χ1n) is 21.5. The first-order valence-corrected chi connectivity index (χ1v) is 15.5. The molecule has 10 rings (SSSR count). The number of fused-ring (bicyclic) bond motifs is 9. The van der Waals surface area contributed by atoms with E-state index in [-0.39, 0.29) is 87.1 Å². The summed E-state index contributed by atoms with van der Waals surface area (Å²) in [5.41, 5.74) is 2.03. The molecule has 0 radical (unpaired) electrons. The van der Waals surface area contributed by atoms with E-state index < -0.39 is 30.2 Å². The van der Waals surface area contributed by atoms with Crippen LogP contribution in [-0.2, 0) is 0 Å². The summed E-state index contributed by atoms with van der Waals surface area (Å²) in [6.45, 7) is 0. The average Bonchev–Trinajstić information content (AvgIpc) is 3.64. The molecule has 0 amide bonds. The number of hydrogen-bond donors (Lipinski definition) is 0. The van der Waals surface area contributed by atoms with E-state index >= 15 is 0 Å². The number of hydrogen-bond acceptors (Lipinski definition) is 4. The summed E-state index contributed by atoms with van der Waals surface area (Å²) in [5, 5.41) is 3.19. The zero-order chi connectivity index (χ0) is 42.8. The molecule has 0 saturated heterocycles. The summed E-state index contributed by atoms with van der Waals surface area (Å²) < 4.78 is 111. The largest absolute Gasteiger partial charge is 0.455 e. The van der Waals surface area contributed by atoms with Crippen LogP contribution in [0.2, 0.25) is 0 Å². The molecule has 0 saturated carbocycles. The average molecular weight is 638 g/mol. The van der Waals surface area contributed by atoms with Gasteiger partial charge in [-0.15, -0.1) is 0 Å². The van der Waals surface area contributed by atoms with Crippen LogP contribution in [0.5, 0.6) is 0 Å². The molecular formula is C45H27N3O. The number of benzene rings is 8. The SMILES string of the molecule is [2H]c1cc2c(cc1[2H])c1c([2H])c([2H])cc([2H])c1c1c([2H])c(-c3cccc4c3oc3c(-c5nc(-c6ccccc6)nc(-c6c([2H])c([2H])c([2H])c([2H])c6[2H])n5)cccc34)c([2H])cc21. The van der Waals surface area contributed by atoms with Crippen LogP contribution in [0.25, 0.3) is 99.5 Å². The molecule has 0 unspecified atom stereocenters. The molecule has 0 N–H and O–H groups in total. The van der Waals surface area contributed by atoms with E-state index in [9.17, 15) is 2.74 Å². The van der Waals surface area contributed by atoms with Crippen molar-refractivity contribution in [3.05, 3.63) is 164 Å². The van der Waals surface area contributed by atoms with E-state index in [4.69, 9.17) is 28.1 Å². The first-order chi connectivity index (χ1) is 29.2. The second-order valence-corrected chi connectivity index (χ2v) is 11.4. The van der Waals surface area contributed by atoms with Crippen molar-refractivity contribution in [1.82, 2.24) is 15.0 Å². The maximum Gasteiger partial charge on any atom is 0.167 e. The van der Waals surface area contributed by atoms with Crippen LogP contribution < -0.4 is 0 Å². The molecule has 0 spiro atoms. The Balaban J connectivity index is 1.25. The van der Waals surface area contributed by atoms with Gasteiger partial charge >= 0.3 is 0 Å². The second kappa shape index (κ2) is 11.0. The van der Waals surface area contributed by atoms with E-state index in [1.807, 2.05) is 18.2 Å². The maximum atomic E-state index is 9.73. The van der Waals surface area contributed by atoms with E-state index in [0.717, 1.165) is 0 Å². The summed E-state index contributed by atoms with van der Waals surface area (Å²) in [6, 6.07) is 22.0. The Labute approximate surface area is 298 Å². The molecule has 10 aromatic rings. The standard InChI is InChI=1S/C45H27N3O/c1-3-13-28(14-4-1)43-46-44(29-15-5-2-6-16-29)48-45(47-43)39-24-12-23-38-37-22-11-21-31(41(37)49-42(38)39)30-25-26-36-34-19-8-7-17-32(34)33-18-9-10-20-35(33)40(36)27-30/h1-27H/i1D,3D,4D,7D,8D,9D,13D,14D,18D,20D,25D,27D. The number of rotatable bonds is 4. The minimum atomic E-state index is -0.549. The normalized spacial score (nSPS) is 15.1. The number of para-hydroxylation sites is 2. The van der Waals surface area contributed by atoms with Crippen molar-refractivity contribution in [2.45, 2.75) is 0 Å². The molecule has 49 heavy (non-hydrogen) atoms. The Morgan fingerprint density at radius 3 is 1.82 bits per heavy atom. The van der Waals surface area contributed by atoms with Crippen LogP contribution in [0, 0.1) is 0 Å². The van der Waals surface area contributed by atoms with Crippen molar-refractivity contribution >= 4 is 54.3 Å². The Morgan fingerprint density at radius 2 is 1.02 bits per heavy atom. The lowest BCUT2D eigenvalue weighted by Gasteiger charge is -2.12. The summed E-state index contributed by atoms with van der Waals surface area (Å²) in [4.78, 5) is 14.1. The Hall–Kier alpha value is -6.65. The Bertz CT molecular complexity index is 3550. The molecule has 0 atom stereocenters. The molecular weight excluding hydrogens is 599 g/mol. The van der Waals surface area contributed by atoms with Crippen LogP contribution in [0.1, 0.15) is 16.4 Å². The van der Waals surface area contributed by atoms with Gasteiger partial charge in [-0.3, -0.25) is 0 Å². The van der Waals surface area contributed by atoms with Gasteiger partial charge in [0.15, 0.2) is 17.5 Å². The molecule has 8 aromatic carbocycles. The molecule has 0 aliphatic heterocycles. The van der Waals surface area contributed by atoms with Crippen LogP contribution in [0.15, 0.2) is 168 Å². The van der Waals surface area contributed by atoms with Gasteiger partial charge in [0.1, 0.15) is 11.2 Å². The molecule has 0 aliphatic rings. The first kappa shape index (κ1) is 18.0. The zero-order valence-electron chi connectivity index (χ0n) is 37.4. The van der Waals surface area contributed by atoms with Crippen LogP contribution in [0.3, 0.4) is 0 Å². The van der Waals surface area contributed by atoms with Gasteiger partial charge in [0.25, 0.3) is 0 Å². The molecule has 2 heterocycles. The quantitative estimate of drug-likeness (QED) is 0.180. The number of nitrogens with zero attached hydrogens (tertiary/aromatic N) is 3. The van der Waals surface area contributed by atoms with Gasteiger partial charge in [-0.05, 0) is 50.0 Å². The van der Waals surface area contributed by atoms with Gasteiger partial charge in [-0.2, -0.15) is 0 Å². The summed E-state index contributed by atoms with van der Waals surface area (Å²) in [6.07, 6.45) is 0. The van der Waals surface area contributed by atoms with Crippen LogP contribution in [-0.4, -0.2) is 15.0 Å². The fourth-order valence-corrected chi connectivity index (χ4v) is 6.44. The minimum absolute atomic E-state index is 0.0456. The highest BCUT2D eigenvalue weighted by molar-refractivity contribution is 6.26. The lowest BCUT2D eigenvalue weighted by molar-refractivity contribution is 0.670. The lowest BCUT2D eigenvalue weighted by atomic mass is 9.92. The zero-order valence-corrected chi connectivity index (χ0v) is 25.4. The van der Waals surface area contributed by atoms with Crippen LogP contribution in [0.4, 0.5) is 0 Å². The fraction of sp³-hybridized carbons (Fsp3) is 0. The Kier molecular flexibility index (Phi) is 4.04. The molecule has 4 nitrogen and oxygen atoms in total. The smallest absolute Gasteiger partial charge is 0.167 e. The van der Waals surface area contributed by atoms with Gasteiger partial charge in [-0.1, -0.05) is 151 Å². The monoisotopic (exact) mass is 637 g/mol. The van der Waals surface area contributed by atoms with Crippen molar-refractivity contribution in [2.75, 3.05) is 0 Å². The minimum Gasteiger partial charge on any atom is -0.455 e. The highest BCUT2D eigenvalue weighted by atomic mass is 16.3. The molecule has 0 fully saturated rings. The summed E-state index contributed by atoms with van der Waals surface area (Å²) in [7, 11) is 0. The third kappa shape index (κ3) is 4.42. The second-order valence-electron chi connectivity index (χ2n) is 11.4. The molecule has 0 bridgehead atoms. The van der Waals surface area contributed by atoms with Crippen molar-refractivity contribution in [1.29, 1.82) is 0 Å². The Morgan fingerprint density at radius 1 is 0.367 bits per heavy atom. The molecule has 0 aliphatic carbocycles. The van der Waals surface area contributed by atoms with Gasteiger partial charge in [0.05, 0.1) is 22.0 Å². The third-order valence-corrected chi connectivity index (χ3v) is 8.66. The van der Waals surface area contributed by atoms with Crippen LogP contribution >= 0.6 is 0 Å². The molecule has 4 heteroatoms. The number of furan rings is 1. The maximum absolute atomic E-state index is 9.73. The number of aromatic nitrogens is 3. The lowest BCUT2D eigenvalue weighted by Crippen LogP contribution is -2.00. The highest BCUT2D eigenvalue weighted by Crippen LogP contribution is 2.42. The van der Waals surface area contributed by atoms with E-state index in [2.05, 4.69) is 4.98 Å². The summed E-state index contributed by atoms with van der Waals surface area (Å²) in [5.74, 6) is 0.149. The van der Waals surface area contributed by atoms with Crippen molar-refractivity contribution in [2.24, 2.45) is 0 Å². The predicted molar refractivity (Wildman–Crippen MR) is 201 cm³/mol. The van der Waals surface area contributed by atoms with Gasteiger partial charge in [0, 0.05) is 27.5 Å². The van der Waals surface area contributed by atoms with Crippen molar-refractivity contribution < 1.29 is 20.9 Å². The summed E-state index contributed by atoms with van der Waals surface area (Å²) >= 11 is 0. The fourth-order valence-electron chi connectivity index (χ4n) is 6.44. The van der Waals surface area contributed by atoms with Gasteiger partial charge in [-0.25, -0.2) is 15.0 Å². The van der Waals surface area contributed by atoms with Crippen molar-refractivity contribution in [3.63, 3.8) is 0 Å². The molecule has 2 aromatic heterocycles. The highest BCUT2D eigenvalue weighted by Gasteiger charge is 2.20. The van der Waals surface area contributed by atoms with Gasteiger partial charge in [0.2, 0.25) is 0 Å². The third-order valence-electron chi connectivity index (χ3n) is 8.66.